The Morgan fingerprint density at radius 2 is 1.87 bits per heavy atom. The lowest BCUT2D eigenvalue weighted by molar-refractivity contribution is -0.127. The molecule has 2 amide bonds. The lowest BCUT2D eigenvalue weighted by Crippen LogP contribution is -2.42. The third-order valence-corrected chi connectivity index (χ3v) is 4.90. The first-order chi connectivity index (χ1) is 14.0. The van der Waals surface area contributed by atoms with Crippen molar-refractivity contribution in [2.45, 2.75) is 33.6 Å². The number of hydrogen-bond donors (Lipinski definition) is 3. The number of carbonyl (C=O) groups excluding carboxylic acids is 2. The highest BCUT2D eigenvalue weighted by Crippen LogP contribution is 2.18. The van der Waals surface area contributed by atoms with Gasteiger partial charge in [0.05, 0.1) is 0 Å². The van der Waals surface area contributed by atoms with Crippen LogP contribution in [0.15, 0.2) is 35.3 Å². The van der Waals surface area contributed by atoms with Crippen LogP contribution in [0.25, 0.3) is 0 Å². The largest absolute Gasteiger partial charge is 0.357 e. The van der Waals surface area contributed by atoms with E-state index in [9.17, 15) is 9.59 Å². The highest BCUT2D eigenvalue weighted by Gasteiger charge is 2.28. The molecule has 168 valence electrons. The zero-order valence-corrected chi connectivity index (χ0v) is 20.6. The fraction of sp³-hybridized carbons (Fsp3) is 0.591. The molecule has 8 heteroatoms. The third kappa shape index (κ3) is 9.32. The monoisotopic (exact) mass is 529 g/mol. The number of hydrogen-bond acceptors (Lipinski definition) is 3. The van der Waals surface area contributed by atoms with E-state index in [4.69, 9.17) is 0 Å². The number of aliphatic imine (C=N–C) groups is 1. The molecule has 1 aliphatic rings. The number of benzene rings is 1. The molecule has 1 fully saturated rings. The second-order valence-electron chi connectivity index (χ2n) is 7.74. The maximum atomic E-state index is 12.3. The fourth-order valence-corrected chi connectivity index (χ4v) is 3.23. The molecule has 0 bridgehead atoms. The second kappa shape index (κ2) is 14.2. The minimum absolute atomic E-state index is 0. The molecule has 0 saturated carbocycles. The number of guanidine groups is 1. The number of nitrogens with zero attached hydrogens (tertiary/aromatic N) is 2. The molecule has 3 N–H and O–H groups in total. The van der Waals surface area contributed by atoms with Gasteiger partial charge in [-0.1, -0.05) is 44.2 Å². The van der Waals surface area contributed by atoms with Crippen molar-refractivity contribution >= 4 is 41.8 Å². The quantitative estimate of drug-likeness (QED) is 0.188. The van der Waals surface area contributed by atoms with Crippen molar-refractivity contribution in [3.63, 3.8) is 0 Å². The molecule has 1 saturated heterocycles. The van der Waals surface area contributed by atoms with Crippen LogP contribution in [0.5, 0.6) is 0 Å². The Morgan fingerprint density at radius 3 is 2.53 bits per heavy atom. The van der Waals surface area contributed by atoms with Crippen LogP contribution >= 0.6 is 24.0 Å². The van der Waals surface area contributed by atoms with Gasteiger partial charge in [-0.15, -0.1) is 24.0 Å². The molecule has 1 unspecified atom stereocenters. The summed E-state index contributed by atoms with van der Waals surface area (Å²) in [5.74, 6) is 1.22. The van der Waals surface area contributed by atoms with Crippen molar-refractivity contribution in [2.24, 2.45) is 16.8 Å². The van der Waals surface area contributed by atoms with Gasteiger partial charge in [0.25, 0.3) is 0 Å². The minimum atomic E-state index is -0.0124. The molecule has 0 aliphatic carbocycles. The van der Waals surface area contributed by atoms with Crippen molar-refractivity contribution in [2.75, 3.05) is 39.3 Å². The van der Waals surface area contributed by atoms with Gasteiger partial charge in [-0.05, 0) is 18.9 Å². The summed E-state index contributed by atoms with van der Waals surface area (Å²) in [7, 11) is 0. The maximum absolute atomic E-state index is 12.3. The topological polar surface area (TPSA) is 85.8 Å². The molecule has 0 radical (unpaired) electrons. The molecule has 30 heavy (non-hydrogen) atoms. The van der Waals surface area contributed by atoms with Crippen molar-refractivity contribution in [1.29, 1.82) is 0 Å². The zero-order chi connectivity index (χ0) is 21.1. The lowest BCUT2D eigenvalue weighted by Gasteiger charge is -2.16. The van der Waals surface area contributed by atoms with Gasteiger partial charge in [0.1, 0.15) is 0 Å². The number of likely N-dealkylation sites (tertiary alicyclic amines) is 1. The lowest BCUT2D eigenvalue weighted by atomic mass is 10.1. The normalized spacial score (nSPS) is 16.4. The van der Waals surface area contributed by atoms with Crippen molar-refractivity contribution < 1.29 is 9.59 Å². The Hall–Kier alpha value is -1.84. The standard InChI is InChI=1S/C22H35N5O2.HI/c1-4-23-22(25-12-11-24-21(29)17(2)3)26-15-19-14-20(28)27(16-19)13-10-18-8-6-5-7-9-18;/h5-9,17,19H,4,10-16H2,1-3H3,(H,24,29)(H2,23,25,26);1H. The van der Waals surface area contributed by atoms with E-state index in [1.807, 2.05) is 43.9 Å². The maximum Gasteiger partial charge on any atom is 0.223 e. The average molecular weight is 529 g/mol. The number of nitrogens with one attached hydrogen (secondary N) is 3. The van der Waals surface area contributed by atoms with Gasteiger partial charge in [0.15, 0.2) is 5.96 Å². The van der Waals surface area contributed by atoms with E-state index in [0.29, 0.717) is 26.1 Å². The molecule has 1 heterocycles. The Labute approximate surface area is 197 Å². The minimum Gasteiger partial charge on any atom is -0.357 e. The summed E-state index contributed by atoms with van der Waals surface area (Å²) in [6.45, 7) is 9.82. The van der Waals surface area contributed by atoms with Gasteiger partial charge in [-0.2, -0.15) is 0 Å². The summed E-state index contributed by atoms with van der Waals surface area (Å²) in [5, 5.41) is 9.33. The molecule has 7 nitrogen and oxygen atoms in total. The van der Waals surface area contributed by atoms with Crippen LogP contribution in [0.3, 0.4) is 0 Å². The predicted octanol–water partition coefficient (Wildman–Crippen LogP) is 2.02. The summed E-state index contributed by atoms with van der Waals surface area (Å²) in [6, 6.07) is 10.3. The van der Waals surface area contributed by atoms with Crippen LogP contribution in [-0.4, -0.2) is 61.9 Å². The Balaban J connectivity index is 0.00000450. The van der Waals surface area contributed by atoms with Gasteiger partial charge < -0.3 is 20.9 Å². The molecule has 1 aromatic carbocycles. The van der Waals surface area contributed by atoms with Crippen molar-refractivity contribution in [1.82, 2.24) is 20.9 Å². The summed E-state index contributed by atoms with van der Waals surface area (Å²) >= 11 is 0. The van der Waals surface area contributed by atoms with Gasteiger partial charge in [-0.3, -0.25) is 14.6 Å². The van der Waals surface area contributed by atoms with Gasteiger partial charge in [0, 0.05) is 57.5 Å². The Kier molecular flexibility index (Phi) is 12.4. The van der Waals surface area contributed by atoms with Crippen LogP contribution in [0.1, 0.15) is 32.8 Å². The van der Waals surface area contributed by atoms with E-state index in [2.05, 4.69) is 33.1 Å². The second-order valence-corrected chi connectivity index (χ2v) is 7.74. The molecule has 0 spiro atoms. The summed E-state index contributed by atoms with van der Waals surface area (Å²) in [4.78, 5) is 30.5. The zero-order valence-electron chi connectivity index (χ0n) is 18.3. The molecule has 1 atom stereocenters. The predicted molar refractivity (Wildman–Crippen MR) is 132 cm³/mol. The van der Waals surface area contributed by atoms with E-state index in [1.54, 1.807) is 0 Å². The van der Waals surface area contributed by atoms with Crippen molar-refractivity contribution in [3.05, 3.63) is 35.9 Å². The Morgan fingerprint density at radius 1 is 1.17 bits per heavy atom. The van der Waals surface area contributed by atoms with Crippen LogP contribution in [-0.2, 0) is 16.0 Å². The smallest absolute Gasteiger partial charge is 0.223 e. The van der Waals surface area contributed by atoms with E-state index < -0.39 is 0 Å². The average Bonchev–Trinajstić information content (AvgIpc) is 3.07. The number of rotatable bonds is 10. The highest BCUT2D eigenvalue weighted by atomic mass is 127. The third-order valence-electron chi connectivity index (χ3n) is 4.90. The van der Waals surface area contributed by atoms with Crippen LogP contribution in [0, 0.1) is 11.8 Å². The van der Waals surface area contributed by atoms with Gasteiger partial charge >= 0.3 is 0 Å². The fourth-order valence-electron chi connectivity index (χ4n) is 3.23. The Bertz CT molecular complexity index is 681. The van der Waals surface area contributed by atoms with Crippen molar-refractivity contribution in [3.8, 4) is 0 Å². The van der Waals surface area contributed by atoms with Gasteiger partial charge in [0.2, 0.25) is 11.8 Å². The number of halogens is 1. The molecular formula is C22H36IN5O2. The van der Waals surface area contributed by atoms with E-state index in [-0.39, 0.29) is 47.6 Å². The first kappa shape index (κ1) is 26.2. The van der Waals surface area contributed by atoms with Crippen LogP contribution in [0.2, 0.25) is 0 Å². The van der Waals surface area contributed by atoms with E-state index in [1.165, 1.54) is 5.56 Å². The first-order valence-electron chi connectivity index (χ1n) is 10.6. The first-order valence-corrected chi connectivity index (χ1v) is 10.6. The molecular weight excluding hydrogens is 493 g/mol. The van der Waals surface area contributed by atoms with Crippen LogP contribution in [0.4, 0.5) is 0 Å². The van der Waals surface area contributed by atoms with Crippen LogP contribution < -0.4 is 16.0 Å². The number of amides is 2. The van der Waals surface area contributed by atoms with E-state index >= 15 is 0 Å². The molecule has 2 rings (SSSR count). The van der Waals surface area contributed by atoms with E-state index in [0.717, 1.165) is 32.0 Å². The SMILES string of the molecule is CCNC(=NCC1CC(=O)N(CCc2ccccc2)C1)NCCNC(=O)C(C)C.I. The summed E-state index contributed by atoms with van der Waals surface area (Å²) < 4.78 is 0. The molecule has 1 aliphatic heterocycles. The molecule has 1 aromatic rings. The highest BCUT2D eigenvalue weighted by molar-refractivity contribution is 14.0. The van der Waals surface area contributed by atoms with Gasteiger partial charge in [-0.25, -0.2) is 0 Å². The molecule has 0 aromatic heterocycles. The summed E-state index contributed by atoms with van der Waals surface area (Å²) in [6.07, 6.45) is 1.44. The summed E-state index contributed by atoms with van der Waals surface area (Å²) in [5.41, 5.74) is 1.25. The number of carbonyl (C=O) groups is 2.